The Hall–Kier alpha value is -3.61. The molecule has 1 aliphatic heterocycles. The molecule has 1 aliphatic rings. The lowest BCUT2D eigenvalue weighted by molar-refractivity contribution is 0.102. The van der Waals surface area contributed by atoms with Crippen molar-refractivity contribution in [3.8, 4) is 11.5 Å². The summed E-state index contributed by atoms with van der Waals surface area (Å²) in [6, 6.07) is 18.4. The van der Waals surface area contributed by atoms with Crippen molar-refractivity contribution in [2.24, 2.45) is 0 Å². The second kappa shape index (κ2) is 6.72. The third-order valence-electron chi connectivity index (χ3n) is 4.00. The van der Waals surface area contributed by atoms with Crippen molar-refractivity contribution >= 4 is 23.1 Å². The fourth-order valence-electron chi connectivity index (χ4n) is 2.58. The molecular formula is C19H16N4O3. The average Bonchev–Trinajstić information content (AvgIpc) is 3.16. The summed E-state index contributed by atoms with van der Waals surface area (Å²) in [4.78, 5) is 14.3. The number of nitrogens with zero attached hydrogens (tertiary/aromatic N) is 3. The molecule has 0 spiro atoms. The van der Waals surface area contributed by atoms with Crippen LogP contribution in [0.1, 0.15) is 10.5 Å². The molecular weight excluding hydrogens is 332 g/mol. The first-order chi connectivity index (χ1) is 12.7. The SMILES string of the molecule is CN(c1ccccc1)c1ccc(C(=O)Nc2ccc3c(c2)OCO3)nn1. The molecule has 0 saturated carbocycles. The molecule has 3 aromatic rings. The molecule has 0 atom stereocenters. The molecule has 4 rings (SSSR count). The van der Waals surface area contributed by atoms with Crippen molar-refractivity contribution in [1.82, 2.24) is 10.2 Å². The van der Waals surface area contributed by atoms with E-state index >= 15 is 0 Å². The highest BCUT2D eigenvalue weighted by Crippen LogP contribution is 2.34. The van der Waals surface area contributed by atoms with Crippen LogP contribution in [0.15, 0.2) is 60.7 Å². The highest BCUT2D eigenvalue weighted by Gasteiger charge is 2.15. The zero-order valence-corrected chi connectivity index (χ0v) is 14.0. The van der Waals surface area contributed by atoms with Gasteiger partial charge < -0.3 is 19.7 Å². The minimum Gasteiger partial charge on any atom is -0.454 e. The van der Waals surface area contributed by atoms with Crippen LogP contribution >= 0.6 is 0 Å². The van der Waals surface area contributed by atoms with E-state index in [1.807, 2.05) is 42.3 Å². The van der Waals surface area contributed by atoms with E-state index in [2.05, 4.69) is 15.5 Å². The molecule has 0 unspecified atom stereocenters. The van der Waals surface area contributed by atoms with Crippen molar-refractivity contribution in [3.05, 3.63) is 66.4 Å². The number of aromatic nitrogens is 2. The Kier molecular flexibility index (Phi) is 4.10. The molecule has 1 amide bonds. The molecule has 1 aromatic heterocycles. The summed E-state index contributed by atoms with van der Waals surface area (Å²) in [5.74, 6) is 1.57. The van der Waals surface area contributed by atoms with E-state index in [1.165, 1.54) is 0 Å². The number of hydrogen-bond donors (Lipinski definition) is 1. The first kappa shape index (κ1) is 15.9. The van der Waals surface area contributed by atoms with Gasteiger partial charge in [0.05, 0.1) is 0 Å². The second-order valence-electron chi connectivity index (χ2n) is 5.69. The second-order valence-corrected chi connectivity index (χ2v) is 5.69. The molecule has 26 heavy (non-hydrogen) atoms. The van der Waals surface area contributed by atoms with E-state index in [1.54, 1.807) is 30.3 Å². The van der Waals surface area contributed by atoms with Gasteiger partial charge in [0.25, 0.3) is 5.91 Å². The van der Waals surface area contributed by atoms with Gasteiger partial charge in [0.15, 0.2) is 23.0 Å². The molecule has 0 saturated heterocycles. The highest BCUT2D eigenvalue weighted by molar-refractivity contribution is 6.03. The number of carbonyl (C=O) groups excluding carboxylic acids is 1. The smallest absolute Gasteiger partial charge is 0.276 e. The molecule has 2 aromatic carbocycles. The number of rotatable bonds is 4. The van der Waals surface area contributed by atoms with Gasteiger partial charge in [0.2, 0.25) is 6.79 Å². The van der Waals surface area contributed by atoms with Crippen molar-refractivity contribution < 1.29 is 14.3 Å². The molecule has 130 valence electrons. The Morgan fingerprint density at radius 2 is 1.81 bits per heavy atom. The van der Waals surface area contributed by atoms with E-state index < -0.39 is 0 Å². The molecule has 0 bridgehead atoms. The molecule has 2 heterocycles. The lowest BCUT2D eigenvalue weighted by atomic mass is 10.2. The quantitative estimate of drug-likeness (QED) is 0.780. The zero-order valence-electron chi connectivity index (χ0n) is 14.0. The number of benzene rings is 2. The van der Waals surface area contributed by atoms with E-state index in [9.17, 15) is 4.79 Å². The summed E-state index contributed by atoms with van der Waals surface area (Å²) in [6.07, 6.45) is 0. The van der Waals surface area contributed by atoms with Crippen LogP contribution in [-0.4, -0.2) is 29.9 Å². The average molecular weight is 348 g/mol. The minimum atomic E-state index is -0.342. The molecule has 7 heteroatoms. The fraction of sp³-hybridized carbons (Fsp3) is 0.105. The summed E-state index contributed by atoms with van der Waals surface area (Å²) in [5, 5.41) is 11.0. The zero-order chi connectivity index (χ0) is 17.9. The fourth-order valence-corrected chi connectivity index (χ4v) is 2.58. The minimum absolute atomic E-state index is 0.189. The van der Waals surface area contributed by atoms with Crippen LogP contribution in [0, 0.1) is 0 Å². The number of ether oxygens (including phenoxy) is 2. The lowest BCUT2D eigenvalue weighted by Gasteiger charge is -2.17. The first-order valence-corrected chi connectivity index (χ1v) is 8.04. The highest BCUT2D eigenvalue weighted by atomic mass is 16.7. The maximum Gasteiger partial charge on any atom is 0.276 e. The van der Waals surface area contributed by atoms with E-state index in [-0.39, 0.29) is 18.4 Å². The Labute approximate surface area is 150 Å². The van der Waals surface area contributed by atoms with Crippen molar-refractivity contribution in [2.75, 3.05) is 24.1 Å². The number of fused-ring (bicyclic) bond motifs is 1. The first-order valence-electron chi connectivity index (χ1n) is 8.04. The predicted molar refractivity (Wildman–Crippen MR) is 97.1 cm³/mol. The molecule has 0 fully saturated rings. The van der Waals surface area contributed by atoms with Gasteiger partial charge >= 0.3 is 0 Å². The van der Waals surface area contributed by atoms with Crippen LogP contribution < -0.4 is 19.7 Å². The van der Waals surface area contributed by atoms with Crippen LogP contribution in [0.5, 0.6) is 11.5 Å². The monoisotopic (exact) mass is 348 g/mol. The summed E-state index contributed by atoms with van der Waals surface area (Å²) < 4.78 is 10.6. The van der Waals surface area contributed by atoms with Crippen LogP contribution in [0.25, 0.3) is 0 Å². The van der Waals surface area contributed by atoms with Crippen LogP contribution in [-0.2, 0) is 0 Å². The Morgan fingerprint density at radius 3 is 2.58 bits per heavy atom. The molecule has 7 nitrogen and oxygen atoms in total. The van der Waals surface area contributed by atoms with Gasteiger partial charge in [-0.15, -0.1) is 10.2 Å². The van der Waals surface area contributed by atoms with Crippen molar-refractivity contribution in [2.45, 2.75) is 0 Å². The lowest BCUT2D eigenvalue weighted by Crippen LogP contribution is -2.16. The predicted octanol–water partition coefficient (Wildman–Crippen LogP) is 3.23. The normalized spacial score (nSPS) is 11.9. The number of hydrogen-bond acceptors (Lipinski definition) is 6. The van der Waals surface area contributed by atoms with E-state index in [4.69, 9.17) is 9.47 Å². The third-order valence-corrected chi connectivity index (χ3v) is 4.00. The largest absolute Gasteiger partial charge is 0.454 e. The molecule has 0 radical (unpaired) electrons. The number of amides is 1. The summed E-state index contributed by atoms with van der Waals surface area (Å²) >= 11 is 0. The van der Waals surface area contributed by atoms with Crippen LogP contribution in [0.2, 0.25) is 0 Å². The van der Waals surface area contributed by atoms with Gasteiger partial charge in [0, 0.05) is 24.5 Å². The van der Waals surface area contributed by atoms with Gasteiger partial charge in [-0.2, -0.15) is 0 Å². The summed E-state index contributed by atoms with van der Waals surface area (Å²) in [6.45, 7) is 0.189. The maximum absolute atomic E-state index is 12.4. The summed E-state index contributed by atoms with van der Waals surface area (Å²) in [5.41, 5.74) is 1.82. The third kappa shape index (κ3) is 3.14. The van der Waals surface area contributed by atoms with Crippen LogP contribution in [0.4, 0.5) is 17.2 Å². The number of carbonyl (C=O) groups is 1. The van der Waals surface area contributed by atoms with Gasteiger partial charge in [-0.25, -0.2) is 0 Å². The summed E-state index contributed by atoms with van der Waals surface area (Å²) in [7, 11) is 1.89. The van der Waals surface area contributed by atoms with E-state index in [0.717, 1.165) is 5.69 Å². The number of nitrogens with one attached hydrogen (secondary N) is 1. The topological polar surface area (TPSA) is 76.6 Å². The number of para-hydroxylation sites is 1. The van der Waals surface area contributed by atoms with Crippen molar-refractivity contribution in [3.63, 3.8) is 0 Å². The van der Waals surface area contributed by atoms with Gasteiger partial charge in [0.1, 0.15) is 0 Å². The van der Waals surface area contributed by atoms with E-state index in [0.29, 0.717) is 23.0 Å². The Bertz CT molecular complexity index is 929. The Morgan fingerprint density at radius 1 is 1.00 bits per heavy atom. The van der Waals surface area contributed by atoms with Crippen molar-refractivity contribution in [1.29, 1.82) is 0 Å². The number of anilines is 3. The van der Waals surface area contributed by atoms with Gasteiger partial charge in [-0.3, -0.25) is 4.79 Å². The maximum atomic E-state index is 12.4. The van der Waals surface area contributed by atoms with Gasteiger partial charge in [-0.05, 0) is 36.4 Å². The van der Waals surface area contributed by atoms with Gasteiger partial charge in [-0.1, -0.05) is 18.2 Å². The van der Waals surface area contributed by atoms with Crippen LogP contribution in [0.3, 0.4) is 0 Å². The molecule has 1 N–H and O–H groups in total. The Balaban J connectivity index is 1.47. The molecule has 0 aliphatic carbocycles. The standard InChI is InChI=1S/C19H16N4O3/c1-23(14-5-3-2-4-6-14)18-10-8-15(21-22-18)19(24)20-13-7-9-16-17(11-13)26-12-25-16/h2-11H,12H2,1H3,(H,20,24).